The van der Waals surface area contributed by atoms with Crippen molar-refractivity contribution in [2.24, 2.45) is 10.2 Å². The van der Waals surface area contributed by atoms with Crippen molar-refractivity contribution < 1.29 is 19.2 Å². The highest BCUT2D eigenvalue weighted by Crippen LogP contribution is 2.24. The number of hydrazone groups is 2. The SMILES string of the molecule is CC(=NN1C(=O)c2ccccc2C1=O)C(C)=NN1C(=O)c2ccccc2C1=O. The number of rotatable bonds is 3. The highest BCUT2D eigenvalue weighted by molar-refractivity contribution is 6.41. The molecule has 8 nitrogen and oxygen atoms in total. The van der Waals surface area contributed by atoms with E-state index in [-0.39, 0.29) is 33.7 Å². The highest BCUT2D eigenvalue weighted by Gasteiger charge is 2.37. The average Bonchev–Trinajstić information content (AvgIpc) is 3.09. The molecular weight excluding hydrogens is 360 g/mol. The topological polar surface area (TPSA) is 99.5 Å². The first-order valence-electron chi connectivity index (χ1n) is 8.46. The lowest BCUT2D eigenvalue weighted by Gasteiger charge is -2.11. The molecule has 2 aromatic rings. The van der Waals surface area contributed by atoms with Gasteiger partial charge in [-0.25, -0.2) is 0 Å². The molecule has 0 radical (unpaired) electrons. The Kier molecular flexibility index (Phi) is 3.96. The van der Waals surface area contributed by atoms with Gasteiger partial charge in [-0.1, -0.05) is 24.3 Å². The van der Waals surface area contributed by atoms with Gasteiger partial charge in [-0.3, -0.25) is 19.2 Å². The number of benzene rings is 2. The molecule has 2 aliphatic rings. The van der Waals surface area contributed by atoms with Crippen molar-refractivity contribution in [2.75, 3.05) is 0 Å². The van der Waals surface area contributed by atoms with Crippen LogP contribution in [0, 0.1) is 0 Å². The summed E-state index contributed by atoms with van der Waals surface area (Å²) in [6.07, 6.45) is 0. The second kappa shape index (κ2) is 6.34. The van der Waals surface area contributed by atoms with Crippen molar-refractivity contribution in [3.63, 3.8) is 0 Å². The van der Waals surface area contributed by atoms with Gasteiger partial charge in [0.05, 0.1) is 33.7 Å². The fourth-order valence-corrected chi connectivity index (χ4v) is 2.98. The van der Waals surface area contributed by atoms with Crippen molar-refractivity contribution in [1.29, 1.82) is 0 Å². The molecule has 2 aromatic carbocycles. The molecule has 0 saturated heterocycles. The summed E-state index contributed by atoms with van der Waals surface area (Å²) >= 11 is 0. The first kappa shape index (κ1) is 17.5. The molecule has 28 heavy (non-hydrogen) atoms. The molecule has 8 heteroatoms. The van der Waals surface area contributed by atoms with E-state index in [1.807, 2.05) is 0 Å². The monoisotopic (exact) mass is 374 g/mol. The van der Waals surface area contributed by atoms with E-state index in [2.05, 4.69) is 10.2 Å². The molecule has 0 aromatic heterocycles. The molecule has 4 amide bonds. The summed E-state index contributed by atoms with van der Waals surface area (Å²) in [5, 5.41) is 9.66. The van der Waals surface area contributed by atoms with E-state index in [0.29, 0.717) is 0 Å². The molecule has 0 N–H and O–H groups in total. The summed E-state index contributed by atoms with van der Waals surface area (Å²) in [5.74, 6) is -2.14. The highest BCUT2D eigenvalue weighted by atomic mass is 16.2. The van der Waals surface area contributed by atoms with Crippen LogP contribution in [0.1, 0.15) is 55.3 Å². The number of carbonyl (C=O) groups is 4. The van der Waals surface area contributed by atoms with E-state index in [0.717, 1.165) is 10.0 Å². The van der Waals surface area contributed by atoms with Gasteiger partial charge in [0.25, 0.3) is 23.6 Å². The Labute approximate surface area is 159 Å². The lowest BCUT2D eigenvalue weighted by Crippen LogP contribution is -2.29. The number of hydrogen-bond donors (Lipinski definition) is 0. The maximum atomic E-state index is 12.4. The van der Waals surface area contributed by atoms with Crippen molar-refractivity contribution in [1.82, 2.24) is 10.0 Å². The molecule has 2 heterocycles. The molecule has 0 spiro atoms. The molecule has 2 aliphatic heterocycles. The van der Waals surface area contributed by atoms with Crippen molar-refractivity contribution in [2.45, 2.75) is 13.8 Å². The quantitative estimate of drug-likeness (QED) is 0.608. The fourth-order valence-electron chi connectivity index (χ4n) is 2.98. The van der Waals surface area contributed by atoms with Gasteiger partial charge < -0.3 is 0 Å². The first-order valence-corrected chi connectivity index (χ1v) is 8.46. The Balaban J connectivity index is 1.62. The Morgan fingerprint density at radius 1 is 0.571 bits per heavy atom. The molecule has 4 rings (SSSR count). The summed E-state index contributed by atoms with van der Waals surface area (Å²) in [5.41, 5.74) is 1.56. The molecule has 0 atom stereocenters. The van der Waals surface area contributed by atoms with Crippen LogP contribution in [0.4, 0.5) is 0 Å². The Hall–Kier alpha value is -3.94. The zero-order chi connectivity index (χ0) is 20.0. The van der Waals surface area contributed by atoms with E-state index in [1.165, 1.54) is 0 Å². The van der Waals surface area contributed by atoms with Gasteiger partial charge in [0, 0.05) is 0 Å². The summed E-state index contributed by atoms with van der Waals surface area (Å²) in [7, 11) is 0. The lowest BCUT2D eigenvalue weighted by molar-refractivity contribution is 0.0641. The van der Waals surface area contributed by atoms with Crippen LogP contribution in [0.25, 0.3) is 0 Å². The molecular formula is C20H14N4O4. The predicted molar refractivity (Wildman–Crippen MR) is 100 cm³/mol. The van der Waals surface area contributed by atoms with Crippen LogP contribution in [-0.2, 0) is 0 Å². The number of fused-ring (bicyclic) bond motifs is 2. The van der Waals surface area contributed by atoms with Crippen molar-refractivity contribution >= 4 is 35.1 Å². The standard InChI is InChI=1S/C20H14N4O4/c1-11(21-23-17(25)13-7-3-4-8-14(13)18(23)26)12(2)22-24-19(27)15-9-5-6-10-16(15)20(24)28/h3-10H,1-2H3. The second-order valence-corrected chi connectivity index (χ2v) is 6.31. The fraction of sp³-hybridized carbons (Fsp3) is 0.100. The van der Waals surface area contributed by atoms with E-state index < -0.39 is 23.6 Å². The zero-order valence-corrected chi connectivity index (χ0v) is 15.0. The molecule has 0 fully saturated rings. The maximum Gasteiger partial charge on any atom is 0.282 e. The normalized spacial score (nSPS) is 16.8. The number of nitrogens with zero attached hydrogens (tertiary/aromatic N) is 4. The lowest BCUT2D eigenvalue weighted by atomic mass is 10.1. The first-order chi connectivity index (χ1) is 13.4. The van der Waals surface area contributed by atoms with Gasteiger partial charge in [-0.2, -0.15) is 20.2 Å². The number of imide groups is 2. The molecule has 0 aliphatic carbocycles. The van der Waals surface area contributed by atoms with Crippen LogP contribution in [0.15, 0.2) is 58.7 Å². The van der Waals surface area contributed by atoms with E-state index >= 15 is 0 Å². The third kappa shape index (κ3) is 2.54. The van der Waals surface area contributed by atoms with E-state index in [4.69, 9.17) is 0 Å². The van der Waals surface area contributed by atoms with Gasteiger partial charge in [-0.05, 0) is 38.1 Å². The van der Waals surface area contributed by atoms with Gasteiger partial charge in [-0.15, -0.1) is 0 Å². The van der Waals surface area contributed by atoms with Gasteiger partial charge in [0.2, 0.25) is 0 Å². The maximum absolute atomic E-state index is 12.4. The Morgan fingerprint density at radius 2 is 0.821 bits per heavy atom. The summed E-state index contributed by atoms with van der Waals surface area (Å²) < 4.78 is 0. The smallest absolute Gasteiger partial charge is 0.267 e. The van der Waals surface area contributed by atoms with Gasteiger partial charge in [0.1, 0.15) is 0 Å². The van der Waals surface area contributed by atoms with Crippen LogP contribution in [0.5, 0.6) is 0 Å². The van der Waals surface area contributed by atoms with E-state index in [9.17, 15) is 19.2 Å². The van der Waals surface area contributed by atoms with Gasteiger partial charge in [0.15, 0.2) is 0 Å². The third-order valence-corrected chi connectivity index (χ3v) is 4.57. The van der Waals surface area contributed by atoms with Gasteiger partial charge >= 0.3 is 0 Å². The van der Waals surface area contributed by atoms with Crippen LogP contribution in [0.3, 0.4) is 0 Å². The van der Waals surface area contributed by atoms with Crippen LogP contribution < -0.4 is 0 Å². The zero-order valence-electron chi connectivity index (χ0n) is 15.0. The number of hydrogen-bond acceptors (Lipinski definition) is 6. The molecule has 138 valence electrons. The minimum atomic E-state index is -0.534. The minimum absolute atomic E-state index is 0.228. The summed E-state index contributed by atoms with van der Waals surface area (Å²) in [6, 6.07) is 12.9. The van der Waals surface area contributed by atoms with Crippen molar-refractivity contribution in [3.8, 4) is 0 Å². The summed E-state index contributed by atoms with van der Waals surface area (Å²) in [6.45, 7) is 3.08. The van der Waals surface area contributed by atoms with Crippen molar-refractivity contribution in [3.05, 3.63) is 70.8 Å². The van der Waals surface area contributed by atoms with Crippen LogP contribution in [0.2, 0.25) is 0 Å². The second-order valence-electron chi connectivity index (χ2n) is 6.31. The van der Waals surface area contributed by atoms with Crippen LogP contribution >= 0.6 is 0 Å². The molecule has 0 bridgehead atoms. The largest absolute Gasteiger partial charge is 0.282 e. The average molecular weight is 374 g/mol. The Bertz CT molecular complexity index is 973. The third-order valence-electron chi connectivity index (χ3n) is 4.57. The number of amides is 4. The van der Waals surface area contributed by atoms with Crippen LogP contribution in [-0.4, -0.2) is 45.1 Å². The summed E-state index contributed by atoms with van der Waals surface area (Å²) in [4.78, 5) is 49.6. The Morgan fingerprint density at radius 3 is 1.07 bits per heavy atom. The minimum Gasteiger partial charge on any atom is -0.267 e. The molecule has 0 saturated carbocycles. The predicted octanol–water partition coefficient (Wildman–Crippen LogP) is 2.33. The van der Waals surface area contributed by atoms with E-state index in [1.54, 1.807) is 62.4 Å². The number of carbonyl (C=O) groups excluding carboxylic acids is 4. The molecule has 0 unspecified atom stereocenters.